The first-order valence-electron chi connectivity index (χ1n) is 12.6. The molecule has 0 amide bonds. The van der Waals surface area contributed by atoms with E-state index >= 15 is 0 Å². The van der Waals surface area contributed by atoms with E-state index in [0.717, 1.165) is 43.7 Å². The molecule has 0 radical (unpaired) electrons. The maximum absolute atomic E-state index is 12.6. The van der Waals surface area contributed by atoms with Gasteiger partial charge in [-0.05, 0) is 42.6 Å². The second kappa shape index (κ2) is 14.4. The van der Waals surface area contributed by atoms with Crippen LogP contribution < -0.4 is 20.5 Å². The maximum atomic E-state index is 12.6. The molecule has 1 aliphatic heterocycles. The lowest BCUT2D eigenvalue weighted by Gasteiger charge is -2.23. The first kappa shape index (κ1) is 32.1. The molecule has 41 heavy (non-hydrogen) atoms. The van der Waals surface area contributed by atoms with Crippen LogP contribution in [0.1, 0.15) is 12.8 Å². The van der Waals surface area contributed by atoms with Crippen LogP contribution in [0.15, 0.2) is 70.4 Å². The number of aliphatic carboxylic acids is 1. The average Bonchev–Trinajstić information content (AvgIpc) is 3.23. The van der Waals surface area contributed by atoms with E-state index < -0.39 is 22.2 Å². The number of sulfonamides is 1. The molecule has 15 heteroatoms. The third-order valence-electron chi connectivity index (χ3n) is 5.97. The zero-order chi connectivity index (χ0) is 30.0. The third kappa shape index (κ3) is 9.56. The highest BCUT2D eigenvalue weighted by molar-refractivity contribution is 7.89. The second-order valence-corrected chi connectivity index (χ2v) is 11.0. The van der Waals surface area contributed by atoms with Crippen molar-refractivity contribution in [3.63, 3.8) is 0 Å². The van der Waals surface area contributed by atoms with Crippen LogP contribution in [0.3, 0.4) is 0 Å². The van der Waals surface area contributed by atoms with Crippen molar-refractivity contribution in [3.05, 3.63) is 76.2 Å². The van der Waals surface area contributed by atoms with Gasteiger partial charge < -0.3 is 15.3 Å². The number of hydrogen-bond acceptors (Lipinski definition) is 7. The Bertz CT molecular complexity index is 1460. The Morgan fingerprint density at radius 1 is 1.05 bits per heavy atom. The first-order valence-corrected chi connectivity index (χ1v) is 14.4. The number of aromatic nitrogens is 2. The van der Waals surface area contributed by atoms with Gasteiger partial charge in [0.05, 0.1) is 10.6 Å². The van der Waals surface area contributed by atoms with Crippen molar-refractivity contribution in [2.75, 3.05) is 37.6 Å². The summed E-state index contributed by atoms with van der Waals surface area (Å²) in [6.07, 6.45) is -3.72. The Morgan fingerprint density at radius 3 is 2.32 bits per heavy atom. The number of aryl methyl sites for hydroxylation is 1. The summed E-state index contributed by atoms with van der Waals surface area (Å²) in [4.78, 5) is 23.7. The molecule has 0 bridgehead atoms. The normalized spacial score (nSPS) is 14.1. The SMILES string of the molecule is O=C(O)C(F)(F)F.O=c1cc(N2CCCNCC2)c(Cl)nn1CCCNS(=O)(=O)c1ccc(-c2ccccc2)cc1. The highest BCUT2D eigenvalue weighted by atomic mass is 35.5. The van der Waals surface area contributed by atoms with Crippen molar-refractivity contribution in [1.29, 1.82) is 0 Å². The predicted molar refractivity (Wildman–Crippen MR) is 149 cm³/mol. The zero-order valence-corrected chi connectivity index (χ0v) is 23.3. The molecule has 10 nitrogen and oxygen atoms in total. The molecule has 0 unspecified atom stereocenters. The van der Waals surface area contributed by atoms with Gasteiger partial charge in [0.15, 0.2) is 5.15 Å². The van der Waals surface area contributed by atoms with Crippen molar-refractivity contribution in [1.82, 2.24) is 19.8 Å². The maximum Gasteiger partial charge on any atom is 0.490 e. The minimum absolute atomic E-state index is 0.175. The third-order valence-corrected chi connectivity index (χ3v) is 7.71. The molecule has 1 aromatic heterocycles. The predicted octanol–water partition coefficient (Wildman–Crippen LogP) is 3.37. The molecular weight excluding hydrogens is 587 g/mol. The zero-order valence-electron chi connectivity index (χ0n) is 21.8. The van der Waals surface area contributed by atoms with E-state index in [1.165, 1.54) is 10.7 Å². The van der Waals surface area contributed by atoms with Crippen LogP contribution >= 0.6 is 11.6 Å². The van der Waals surface area contributed by atoms with Crippen LogP contribution in [0.25, 0.3) is 11.1 Å². The number of carboxylic acids is 1. The summed E-state index contributed by atoms with van der Waals surface area (Å²) in [5.41, 5.74) is 2.36. The van der Waals surface area contributed by atoms with E-state index in [-0.39, 0.29) is 28.7 Å². The van der Waals surface area contributed by atoms with E-state index in [9.17, 15) is 26.4 Å². The number of anilines is 1. The molecule has 3 aromatic rings. The fourth-order valence-electron chi connectivity index (χ4n) is 3.90. The minimum atomic E-state index is -5.08. The van der Waals surface area contributed by atoms with E-state index in [1.54, 1.807) is 24.3 Å². The average molecular weight is 616 g/mol. The van der Waals surface area contributed by atoms with Crippen molar-refractivity contribution in [2.24, 2.45) is 0 Å². The van der Waals surface area contributed by atoms with Crippen molar-refractivity contribution < 1.29 is 31.5 Å². The van der Waals surface area contributed by atoms with Crippen LogP contribution in [-0.2, 0) is 21.4 Å². The smallest absolute Gasteiger partial charge is 0.475 e. The molecular formula is C26H29ClF3N5O5S. The minimum Gasteiger partial charge on any atom is -0.475 e. The summed E-state index contributed by atoms with van der Waals surface area (Å²) in [5.74, 6) is -2.76. The fourth-order valence-corrected chi connectivity index (χ4v) is 5.24. The molecule has 3 N–H and O–H groups in total. The van der Waals surface area contributed by atoms with Crippen LogP contribution in [0.5, 0.6) is 0 Å². The summed E-state index contributed by atoms with van der Waals surface area (Å²) in [6, 6.07) is 18.0. The van der Waals surface area contributed by atoms with Crippen LogP contribution in [0.4, 0.5) is 18.9 Å². The molecule has 4 rings (SSSR count). The lowest BCUT2D eigenvalue weighted by Crippen LogP contribution is -2.32. The summed E-state index contributed by atoms with van der Waals surface area (Å²) in [5, 5.41) is 15.0. The summed E-state index contributed by atoms with van der Waals surface area (Å²) >= 11 is 6.37. The van der Waals surface area contributed by atoms with Gasteiger partial charge in [-0.3, -0.25) is 4.79 Å². The van der Waals surface area contributed by atoms with Gasteiger partial charge in [-0.2, -0.15) is 18.3 Å². The van der Waals surface area contributed by atoms with Gasteiger partial charge in [-0.25, -0.2) is 22.6 Å². The Hall–Kier alpha value is -3.46. The monoisotopic (exact) mass is 615 g/mol. The largest absolute Gasteiger partial charge is 0.490 e. The Balaban J connectivity index is 0.000000587. The molecule has 1 fully saturated rings. The fraction of sp³-hybridized carbons (Fsp3) is 0.346. The number of alkyl halides is 3. The molecule has 2 aromatic carbocycles. The molecule has 0 atom stereocenters. The molecule has 2 heterocycles. The summed E-state index contributed by atoms with van der Waals surface area (Å²) in [6.45, 7) is 3.77. The lowest BCUT2D eigenvalue weighted by molar-refractivity contribution is -0.192. The van der Waals surface area contributed by atoms with Crippen LogP contribution in [0, 0.1) is 0 Å². The summed E-state index contributed by atoms with van der Waals surface area (Å²) in [7, 11) is -3.65. The van der Waals surface area contributed by atoms with Gasteiger partial charge in [-0.1, -0.05) is 54.1 Å². The van der Waals surface area contributed by atoms with Gasteiger partial charge >= 0.3 is 12.1 Å². The molecule has 1 aliphatic rings. The molecule has 222 valence electrons. The molecule has 0 spiro atoms. The van der Waals surface area contributed by atoms with Gasteiger partial charge in [0.2, 0.25) is 10.0 Å². The quantitative estimate of drug-likeness (QED) is 0.329. The summed E-state index contributed by atoms with van der Waals surface area (Å²) < 4.78 is 60.9. The van der Waals surface area contributed by atoms with Crippen LogP contribution in [0.2, 0.25) is 5.15 Å². The highest BCUT2D eigenvalue weighted by Crippen LogP contribution is 2.22. The second-order valence-electron chi connectivity index (χ2n) is 8.92. The van der Waals surface area contributed by atoms with Gasteiger partial charge in [0.1, 0.15) is 0 Å². The van der Waals surface area contributed by atoms with E-state index in [0.29, 0.717) is 12.1 Å². The Labute approximate surface area is 239 Å². The number of benzene rings is 2. The number of halogens is 4. The van der Waals surface area contributed by atoms with Crippen molar-refractivity contribution >= 4 is 33.3 Å². The molecule has 0 saturated carbocycles. The lowest BCUT2D eigenvalue weighted by atomic mass is 10.1. The van der Waals surface area contributed by atoms with Crippen molar-refractivity contribution in [2.45, 2.75) is 30.5 Å². The first-order chi connectivity index (χ1) is 19.4. The van der Waals surface area contributed by atoms with Gasteiger partial charge in [-0.15, -0.1) is 0 Å². The Morgan fingerprint density at radius 2 is 1.68 bits per heavy atom. The van der Waals surface area contributed by atoms with E-state index in [4.69, 9.17) is 21.5 Å². The van der Waals surface area contributed by atoms with E-state index in [2.05, 4.69) is 20.0 Å². The van der Waals surface area contributed by atoms with Gasteiger partial charge in [0, 0.05) is 38.8 Å². The number of carbonyl (C=O) groups is 1. The van der Waals surface area contributed by atoms with Crippen LogP contribution in [-0.4, -0.2) is 68.2 Å². The Kier molecular flexibility index (Phi) is 11.3. The number of nitrogens with one attached hydrogen (secondary N) is 2. The molecule has 0 aliphatic carbocycles. The van der Waals surface area contributed by atoms with E-state index in [1.807, 2.05) is 30.3 Å². The molecule has 1 saturated heterocycles. The highest BCUT2D eigenvalue weighted by Gasteiger charge is 2.38. The number of carboxylic acid groups (broad SMARTS) is 1. The number of hydrogen-bond donors (Lipinski definition) is 3. The number of nitrogens with zero attached hydrogens (tertiary/aromatic N) is 3. The number of rotatable bonds is 8. The topological polar surface area (TPSA) is 134 Å². The van der Waals surface area contributed by atoms with Gasteiger partial charge in [0.25, 0.3) is 5.56 Å². The standard InChI is InChI=1S/C24H28ClN5O3S.C2HF3O2/c25-24-22(29-15-4-12-26-14-17-29)18-23(31)30(28-24)16-5-13-27-34(32,33)21-10-8-20(9-11-21)19-6-2-1-3-7-19;3-2(4,5)1(6)7/h1-3,6-11,18,26-27H,4-5,12-17H2;(H,6,7). The van der Waals surface area contributed by atoms with Crippen molar-refractivity contribution in [3.8, 4) is 11.1 Å².